The summed E-state index contributed by atoms with van der Waals surface area (Å²) in [7, 11) is 1.75. The maximum absolute atomic E-state index is 11.9. The Balaban J connectivity index is 2.50. The summed E-state index contributed by atoms with van der Waals surface area (Å²) in [5.41, 5.74) is 2.64. The molecule has 0 fully saturated rings. The first kappa shape index (κ1) is 16.2. The van der Waals surface area contributed by atoms with Gasteiger partial charge < -0.3 is 4.90 Å². The van der Waals surface area contributed by atoms with Crippen LogP contribution in [0.25, 0.3) is 0 Å². The van der Waals surface area contributed by atoms with Crippen molar-refractivity contribution in [3.8, 4) is 6.07 Å². The Hall–Kier alpha value is -1.82. The number of rotatable bonds is 5. The van der Waals surface area contributed by atoms with Crippen molar-refractivity contribution in [3.05, 3.63) is 35.4 Å². The summed E-state index contributed by atoms with van der Waals surface area (Å²) in [5.74, 6) is 0.0974. The Kier molecular flexibility index (Phi) is 5.76. The summed E-state index contributed by atoms with van der Waals surface area (Å²) in [6, 6.07) is 10.5. The summed E-state index contributed by atoms with van der Waals surface area (Å²) in [5, 5.41) is 8.51. The maximum atomic E-state index is 11.9. The fourth-order valence-corrected chi connectivity index (χ4v) is 1.96. The first-order chi connectivity index (χ1) is 9.34. The van der Waals surface area contributed by atoms with Gasteiger partial charge in [0.2, 0.25) is 5.91 Å². The van der Waals surface area contributed by atoms with Crippen LogP contribution in [-0.2, 0) is 16.6 Å². The Morgan fingerprint density at radius 1 is 1.25 bits per heavy atom. The van der Waals surface area contributed by atoms with Crippen molar-refractivity contribution in [3.63, 3.8) is 0 Å². The van der Waals surface area contributed by atoms with Gasteiger partial charge in [-0.3, -0.25) is 4.79 Å². The van der Waals surface area contributed by atoms with Crippen LogP contribution in [0.5, 0.6) is 0 Å². The second-order valence-electron chi connectivity index (χ2n) is 6.17. The zero-order valence-corrected chi connectivity index (χ0v) is 12.9. The molecular formula is C17H24N2O. The number of carbonyl (C=O) groups excluding carboxylic acids is 1. The molecule has 0 aliphatic rings. The molecule has 0 radical (unpaired) electrons. The van der Waals surface area contributed by atoms with Gasteiger partial charge in [0, 0.05) is 20.0 Å². The summed E-state index contributed by atoms with van der Waals surface area (Å²) >= 11 is 0. The summed E-state index contributed by atoms with van der Waals surface area (Å²) in [6.07, 6.45) is 1.64. The fraction of sp³-hybridized carbons (Fsp3) is 0.529. The van der Waals surface area contributed by atoms with E-state index < -0.39 is 0 Å². The van der Waals surface area contributed by atoms with Crippen molar-refractivity contribution in [2.75, 3.05) is 13.6 Å². The number of hydrogen-bond acceptors (Lipinski definition) is 2. The van der Waals surface area contributed by atoms with Crippen LogP contribution in [0, 0.1) is 11.3 Å². The molecule has 3 heteroatoms. The van der Waals surface area contributed by atoms with E-state index >= 15 is 0 Å². The summed E-state index contributed by atoms with van der Waals surface area (Å²) < 4.78 is 0. The molecule has 0 unspecified atom stereocenters. The van der Waals surface area contributed by atoms with Crippen LogP contribution in [0.3, 0.4) is 0 Å². The minimum absolute atomic E-state index is 0.0974. The van der Waals surface area contributed by atoms with Crippen molar-refractivity contribution >= 4 is 5.91 Å². The predicted molar refractivity (Wildman–Crippen MR) is 81.3 cm³/mol. The van der Waals surface area contributed by atoms with Crippen LogP contribution in [0.15, 0.2) is 24.3 Å². The first-order valence-corrected chi connectivity index (χ1v) is 7.05. The van der Waals surface area contributed by atoms with Gasteiger partial charge in [0.25, 0.3) is 0 Å². The van der Waals surface area contributed by atoms with E-state index in [1.807, 2.05) is 0 Å². The minimum Gasteiger partial charge on any atom is -0.345 e. The van der Waals surface area contributed by atoms with E-state index in [-0.39, 0.29) is 11.3 Å². The van der Waals surface area contributed by atoms with Crippen LogP contribution >= 0.6 is 0 Å². The molecule has 1 aromatic carbocycles. The second-order valence-corrected chi connectivity index (χ2v) is 6.17. The van der Waals surface area contributed by atoms with Crippen molar-refractivity contribution in [1.82, 2.24) is 4.90 Å². The Bertz CT molecular complexity index is 477. The number of hydrogen-bond donors (Lipinski definition) is 0. The van der Waals surface area contributed by atoms with E-state index in [2.05, 4.69) is 51.1 Å². The average molecular weight is 272 g/mol. The van der Waals surface area contributed by atoms with Crippen molar-refractivity contribution in [1.29, 1.82) is 5.26 Å². The lowest BCUT2D eigenvalue weighted by atomic mass is 9.86. The quantitative estimate of drug-likeness (QED) is 0.825. The van der Waals surface area contributed by atoms with Gasteiger partial charge in [0.15, 0.2) is 0 Å². The number of benzene rings is 1. The molecule has 1 rings (SSSR count). The van der Waals surface area contributed by atoms with Gasteiger partial charge in [0.1, 0.15) is 0 Å². The average Bonchev–Trinajstić information content (AvgIpc) is 2.41. The smallest absolute Gasteiger partial charge is 0.222 e. The highest BCUT2D eigenvalue weighted by Crippen LogP contribution is 2.22. The van der Waals surface area contributed by atoms with E-state index in [0.29, 0.717) is 19.4 Å². The number of nitriles is 1. The van der Waals surface area contributed by atoms with Gasteiger partial charge in [-0.2, -0.15) is 5.26 Å². The molecule has 1 aromatic rings. The fourth-order valence-electron chi connectivity index (χ4n) is 1.96. The van der Waals surface area contributed by atoms with Crippen molar-refractivity contribution in [2.45, 2.75) is 45.4 Å². The zero-order chi connectivity index (χ0) is 15.2. The highest BCUT2D eigenvalue weighted by atomic mass is 16.2. The van der Waals surface area contributed by atoms with Crippen LogP contribution in [0.4, 0.5) is 0 Å². The number of carbonyl (C=O) groups is 1. The van der Waals surface area contributed by atoms with E-state index in [0.717, 1.165) is 6.42 Å². The lowest BCUT2D eigenvalue weighted by molar-refractivity contribution is -0.129. The predicted octanol–water partition coefficient (Wildman–Crippen LogP) is 3.29. The molecule has 0 heterocycles. The molecular weight excluding hydrogens is 248 g/mol. The lowest BCUT2D eigenvalue weighted by Crippen LogP contribution is -2.27. The largest absolute Gasteiger partial charge is 0.345 e. The molecule has 108 valence electrons. The monoisotopic (exact) mass is 272 g/mol. The zero-order valence-electron chi connectivity index (χ0n) is 12.9. The number of amides is 1. The number of aryl methyl sites for hydroxylation is 1. The topological polar surface area (TPSA) is 44.1 Å². The first-order valence-electron chi connectivity index (χ1n) is 7.05. The summed E-state index contributed by atoms with van der Waals surface area (Å²) in [4.78, 5) is 13.5. The third kappa shape index (κ3) is 5.05. The Labute approximate surface area is 122 Å². The Morgan fingerprint density at radius 3 is 2.35 bits per heavy atom. The lowest BCUT2D eigenvalue weighted by Gasteiger charge is -2.19. The normalized spacial score (nSPS) is 10.9. The third-order valence-corrected chi connectivity index (χ3v) is 3.43. The SMILES string of the molecule is CN(CCC#N)C(=O)CCc1ccc(C(C)(C)C)cc1. The van der Waals surface area contributed by atoms with Crippen LogP contribution < -0.4 is 0 Å². The molecule has 1 amide bonds. The van der Waals surface area contributed by atoms with Gasteiger partial charge in [-0.15, -0.1) is 0 Å². The van der Waals surface area contributed by atoms with Gasteiger partial charge in [-0.05, 0) is 23.0 Å². The molecule has 0 bridgehead atoms. The maximum Gasteiger partial charge on any atom is 0.222 e. The molecule has 0 aliphatic carbocycles. The van der Waals surface area contributed by atoms with E-state index in [4.69, 9.17) is 5.26 Å². The third-order valence-electron chi connectivity index (χ3n) is 3.43. The highest BCUT2D eigenvalue weighted by molar-refractivity contribution is 5.76. The van der Waals surface area contributed by atoms with Crippen LogP contribution in [-0.4, -0.2) is 24.4 Å². The second kappa shape index (κ2) is 7.09. The molecule has 0 spiro atoms. The van der Waals surface area contributed by atoms with E-state index in [9.17, 15) is 4.79 Å². The van der Waals surface area contributed by atoms with E-state index in [1.165, 1.54) is 11.1 Å². The Morgan fingerprint density at radius 2 is 1.85 bits per heavy atom. The molecule has 0 saturated heterocycles. The minimum atomic E-state index is 0.0974. The van der Waals surface area contributed by atoms with Gasteiger partial charge in [-0.1, -0.05) is 45.0 Å². The van der Waals surface area contributed by atoms with Crippen molar-refractivity contribution < 1.29 is 4.79 Å². The van der Waals surface area contributed by atoms with Crippen molar-refractivity contribution in [2.24, 2.45) is 0 Å². The molecule has 0 N–H and O–H groups in total. The van der Waals surface area contributed by atoms with Gasteiger partial charge in [-0.25, -0.2) is 0 Å². The standard InChI is InChI=1S/C17H24N2O/c1-17(2,3)15-9-6-14(7-10-15)8-11-16(20)19(4)13-5-12-18/h6-7,9-10H,5,8,11,13H2,1-4H3. The highest BCUT2D eigenvalue weighted by Gasteiger charge is 2.13. The molecule has 0 aromatic heterocycles. The van der Waals surface area contributed by atoms with Gasteiger partial charge in [0.05, 0.1) is 12.5 Å². The molecule has 0 saturated carbocycles. The molecule has 3 nitrogen and oxygen atoms in total. The van der Waals surface area contributed by atoms with E-state index in [1.54, 1.807) is 11.9 Å². The molecule has 0 atom stereocenters. The van der Waals surface area contributed by atoms with Crippen LogP contribution in [0.2, 0.25) is 0 Å². The molecule has 0 aliphatic heterocycles. The van der Waals surface area contributed by atoms with Gasteiger partial charge >= 0.3 is 0 Å². The molecule has 20 heavy (non-hydrogen) atoms. The van der Waals surface area contributed by atoms with Crippen LogP contribution in [0.1, 0.15) is 44.7 Å². The summed E-state index contributed by atoms with van der Waals surface area (Å²) in [6.45, 7) is 7.08. The number of nitrogens with zero attached hydrogens (tertiary/aromatic N) is 2.